The molecule has 0 aliphatic carbocycles. The predicted octanol–water partition coefficient (Wildman–Crippen LogP) is 4.43. The summed E-state index contributed by atoms with van der Waals surface area (Å²) in [5.41, 5.74) is 3.87. The standard InChI is InChI=1S/C16H26O/c1-4-6-8-14-10-11-16(13(3)17)15(12-14)9-7-5-2/h10-13,17H,4-9H2,1-3H3. The molecule has 1 aromatic carbocycles. The van der Waals surface area contributed by atoms with E-state index in [1.807, 2.05) is 6.92 Å². The molecule has 0 radical (unpaired) electrons. The molecule has 0 spiro atoms. The van der Waals surface area contributed by atoms with E-state index in [1.54, 1.807) is 0 Å². The minimum absolute atomic E-state index is 0.345. The van der Waals surface area contributed by atoms with Crippen LogP contribution < -0.4 is 0 Å². The van der Waals surface area contributed by atoms with Crippen molar-refractivity contribution in [3.8, 4) is 0 Å². The fourth-order valence-electron chi connectivity index (χ4n) is 2.19. The Bertz CT molecular complexity index is 328. The van der Waals surface area contributed by atoms with Crippen LogP contribution in [-0.2, 0) is 12.8 Å². The van der Waals surface area contributed by atoms with Gasteiger partial charge in [-0.3, -0.25) is 0 Å². The maximum absolute atomic E-state index is 9.77. The highest BCUT2D eigenvalue weighted by Gasteiger charge is 2.08. The van der Waals surface area contributed by atoms with E-state index in [0.717, 1.165) is 18.4 Å². The summed E-state index contributed by atoms with van der Waals surface area (Å²) in [6, 6.07) is 6.58. The maximum Gasteiger partial charge on any atom is 0.0764 e. The van der Waals surface area contributed by atoms with Crippen LogP contribution in [0.4, 0.5) is 0 Å². The van der Waals surface area contributed by atoms with Crippen molar-refractivity contribution in [3.63, 3.8) is 0 Å². The minimum atomic E-state index is -0.345. The Morgan fingerprint density at radius 1 is 1.06 bits per heavy atom. The van der Waals surface area contributed by atoms with Crippen molar-refractivity contribution in [2.75, 3.05) is 0 Å². The zero-order chi connectivity index (χ0) is 12.7. The van der Waals surface area contributed by atoms with Gasteiger partial charge in [0.2, 0.25) is 0 Å². The third kappa shape index (κ3) is 4.51. The lowest BCUT2D eigenvalue weighted by Gasteiger charge is -2.14. The van der Waals surface area contributed by atoms with Crippen LogP contribution in [0, 0.1) is 0 Å². The Morgan fingerprint density at radius 3 is 2.29 bits per heavy atom. The van der Waals surface area contributed by atoms with Crippen LogP contribution >= 0.6 is 0 Å². The van der Waals surface area contributed by atoms with Gasteiger partial charge in [-0.1, -0.05) is 44.9 Å². The van der Waals surface area contributed by atoms with E-state index < -0.39 is 0 Å². The van der Waals surface area contributed by atoms with Gasteiger partial charge in [0.1, 0.15) is 0 Å². The van der Waals surface area contributed by atoms with Crippen molar-refractivity contribution in [2.45, 2.75) is 65.4 Å². The number of unbranched alkanes of at least 4 members (excludes halogenated alkanes) is 2. The first kappa shape index (κ1) is 14.2. The number of benzene rings is 1. The van der Waals surface area contributed by atoms with Gasteiger partial charge in [0.05, 0.1) is 6.10 Å². The van der Waals surface area contributed by atoms with Crippen molar-refractivity contribution in [1.82, 2.24) is 0 Å². The Hall–Kier alpha value is -0.820. The summed E-state index contributed by atoms with van der Waals surface area (Å²) in [6.07, 6.45) is 6.81. The lowest BCUT2D eigenvalue weighted by atomic mass is 9.95. The van der Waals surface area contributed by atoms with Crippen molar-refractivity contribution in [2.24, 2.45) is 0 Å². The molecule has 0 heterocycles. The molecule has 0 fully saturated rings. The van der Waals surface area contributed by atoms with E-state index in [0.29, 0.717) is 0 Å². The molecule has 0 saturated carbocycles. The summed E-state index contributed by atoms with van der Waals surface area (Å²) < 4.78 is 0. The molecule has 0 aliphatic heterocycles. The fourth-order valence-corrected chi connectivity index (χ4v) is 2.19. The maximum atomic E-state index is 9.77. The van der Waals surface area contributed by atoms with Crippen molar-refractivity contribution in [3.05, 3.63) is 34.9 Å². The molecular formula is C16H26O. The first-order valence-corrected chi connectivity index (χ1v) is 6.98. The SMILES string of the molecule is CCCCc1ccc(C(C)O)c(CCCC)c1. The highest BCUT2D eigenvalue weighted by atomic mass is 16.3. The first-order valence-electron chi connectivity index (χ1n) is 6.98. The summed E-state index contributed by atoms with van der Waals surface area (Å²) >= 11 is 0. The predicted molar refractivity (Wildman–Crippen MR) is 74.3 cm³/mol. The van der Waals surface area contributed by atoms with Crippen molar-refractivity contribution >= 4 is 0 Å². The molecule has 1 rings (SSSR count). The van der Waals surface area contributed by atoms with Gasteiger partial charge in [0, 0.05) is 0 Å². The van der Waals surface area contributed by atoms with E-state index in [1.165, 1.54) is 36.8 Å². The molecule has 0 saturated heterocycles. The minimum Gasteiger partial charge on any atom is -0.389 e. The summed E-state index contributed by atoms with van der Waals surface area (Å²) in [6.45, 7) is 6.29. The first-order chi connectivity index (χ1) is 8.19. The molecule has 17 heavy (non-hydrogen) atoms. The number of hydrogen-bond donors (Lipinski definition) is 1. The number of aliphatic hydroxyl groups is 1. The van der Waals surface area contributed by atoms with Gasteiger partial charge < -0.3 is 5.11 Å². The fraction of sp³-hybridized carbons (Fsp3) is 0.625. The Kier molecular flexibility index (Phi) is 6.28. The highest BCUT2D eigenvalue weighted by Crippen LogP contribution is 2.22. The average molecular weight is 234 g/mol. The zero-order valence-corrected chi connectivity index (χ0v) is 11.5. The molecule has 0 bridgehead atoms. The number of hydrogen-bond acceptors (Lipinski definition) is 1. The van der Waals surface area contributed by atoms with Gasteiger partial charge in [-0.25, -0.2) is 0 Å². The monoisotopic (exact) mass is 234 g/mol. The van der Waals surface area contributed by atoms with Gasteiger partial charge in [-0.05, 0) is 49.3 Å². The molecular weight excluding hydrogens is 208 g/mol. The number of aliphatic hydroxyl groups excluding tert-OH is 1. The molecule has 0 aromatic heterocycles. The molecule has 1 unspecified atom stereocenters. The Balaban J connectivity index is 2.84. The summed E-state index contributed by atoms with van der Waals surface area (Å²) in [4.78, 5) is 0. The third-order valence-electron chi connectivity index (χ3n) is 3.28. The summed E-state index contributed by atoms with van der Waals surface area (Å²) in [5.74, 6) is 0. The van der Waals surface area contributed by atoms with Crippen LogP contribution in [0.2, 0.25) is 0 Å². The highest BCUT2D eigenvalue weighted by molar-refractivity contribution is 5.33. The zero-order valence-electron chi connectivity index (χ0n) is 11.5. The summed E-state index contributed by atoms with van der Waals surface area (Å²) in [5, 5.41) is 9.77. The number of rotatable bonds is 7. The van der Waals surface area contributed by atoms with Crippen LogP contribution in [0.25, 0.3) is 0 Å². The second-order valence-corrected chi connectivity index (χ2v) is 4.92. The molecule has 1 N–H and O–H groups in total. The van der Waals surface area contributed by atoms with Gasteiger partial charge in [-0.2, -0.15) is 0 Å². The van der Waals surface area contributed by atoms with Gasteiger partial charge in [0.25, 0.3) is 0 Å². The van der Waals surface area contributed by atoms with E-state index in [4.69, 9.17) is 0 Å². The molecule has 96 valence electrons. The van der Waals surface area contributed by atoms with Crippen LogP contribution in [0.1, 0.15) is 69.2 Å². The number of aryl methyl sites for hydroxylation is 2. The summed E-state index contributed by atoms with van der Waals surface area (Å²) in [7, 11) is 0. The van der Waals surface area contributed by atoms with Crippen molar-refractivity contribution < 1.29 is 5.11 Å². The molecule has 0 aliphatic rings. The molecule has 1 atom stereocenters. The lowest BCUT2D eigenvalue weighted by molar-refractivity contribution is 0.198. The molecule has 1 nitrogen and oxygen atoms in total. The Morgan fingerprint density at radius 2 is 1.71 bits per heavy atom. The Labute approximate surface area is 106 Å². The van der Waals surface area contributed by atoms with E-state index in [9.17, 15) is 5.11 Å². The van der Waals surface area contributed by atoms with Crippen LogP contribution in [0.15, 0.2) is 18.2 Å². The smallest absolute Gasteiger partial charge is 0.0764 e. The van der Waals surface area contributed by atoms with Gasteiger partial charge >= 0.3 is 0 Å². The largest absolute Gasteiger partial charge is 0.389 e. The van der Waals surface area contributed by atoms with Gasteiger partial charge in [-0.15, -0.1) is 0 Å². The van der Waals surface area contributed by atoms with E-state index in [2.05, 4.69) is 32.0 Å². The quantitative estimate of drug-likeness (QED) is 0.740. The second kappa shape index (κ2) is 7.50. The topological polar surface area (TPSA) is 20.2 Å². The molecule has 0 amide bonds. The third-order valence-corrected chi connectivity index (χ3v) is 3.28. The van der Waals surface area contributed by atoms with E-state index in [-0.39, 0.29) is 6.10 Å². The molecule has 1 aromatic rings. The van der Waals surface area contributed by atoms with Crippen LogP contribution in [0.5, 0.6) is 0 Å². The van der Waals surface area contributed by atoms with Gasteiger partial charge in [0.15, 0.2) is 0 Å². The van der Waals surface area contributed by atoms with E-state index >= 15 is 0 Å². The normalized spacial score (nSPS) is 12.7. The lowest BCUT2D eigenvalue weighted by Crippen LogP contribution is -2.00. The molecule has 1 heteroatoms. The van der Waals surface area contributed by atoms with Crippen LogP contribution in [-0.4, -0.2) is 5.11 Å². The average Bonchev–Trinajstić information content (AvgIpc) is 2.33. The van der Waals surface area contributed by atoms with Crippen molar-refractivity contribution in [1.29, 1.82) is 0 Å². The van der Waals surface area contributed by atoms with Crippen LogP contribution in [0.3, 0.4) is 0 Å². The second-order valence-electron chi connectivity index (χ2n) is 4.92.